The molecule has 1 unspecified atom stereocenters. The number of carboxylic acid groups (broad SMARTS) is 1. The fraction of sp³-hybridized carbons (Fsp3) is 0.227. The molecule has 144 valence electrons. The molecule has 0 fully saturated rings. The zero-order valence-electron chi connectivity index (χ0n) is 16.3. The molecule has 2 aromatic rings. The monoisotopic (exact) mass is 368 g/mol. The Morgan fingerprint density at radius 3 is 2.41 bits per heavy atom. The van der Waals surface area contributed by atoms with Crippen LogP contribution in [-0.4, -0.2) is 18.2 Å². The predicted octanol–water partition coefficient (Wildman–Crippen LogP) is 4.73. The van der Waals surface area contributed by atoms with Crippen LogP contribution in [0.3, 0.4) is 0 Å². The number of rotatable bonds is 6. The molecule has 2 aromatic carbocycles. The van der Waals surface area contributed by atoms with E-state index < -0.39 is 12.0 Å². The van der Waals surface area contributed by atoms with Crippen LogP contribution in [0.15, 0.2) is 43.0 Å². The van der Waals surface area contributed by atoms with E-state index in [0.717, 1.165) is 16.7 Å². The second-order valence-corrected chi connectivity index (χ2v) is 5.56. The molecule has 0 heterocycles. The third kappa shape index (κ3) is 4.99. The van der Waals surface area contributed by atoms with Gasteiger partial charge in [0.2, 0.25) is 0 Å². The van der Waals surface area contributed by atoms with Gasteiger partial charge < -0.3 is 21.3 Å². The van der Waals surface area contributed by atoms with E-state index in [1.165, 1.54) is 19.2 Å². The van der Waals surface area contributed by atoms with Crippen LogP contribution in [0.5, 0.6) is 5.75 Å². The Kier molecular flexibility index (Phi) is 8.30. The minimum atomic E-state index is -1.10. The number of hydrogen-bond donors (Lipinski definition) is 3. The first-order valence-corrected chi connectivity index (χ1v) is 8.78. The molecular formula is C22H28N2O3. The molecule has 5 heteroatoms. The summed E-state index contributed by atoms with van der Waals surface area (Å²) in [6, 6.07) is 8.16. The number of allylic oxidation sites excluding steroid dienone is 1. The van der Waals surface area contributed by atoms with Crippen molar-refractivity contribution in [1.29, 1.82) is 0 Å². The van der Waals surface area contributed by atoms with Crippen LogP contribution < -0.4 is 16.2 Å². The highest BCUT2D eigenvalue weighted by molar-refractivity contribution is 5.92. The van der Waals surface area contributed by atoms with Crippen molar-refractivity contribution in [2.75, 3.05) is 12.8 Å². The van der Waals surface area contributed by atoms with E-state index >= 15 is 0 Å². The third-order valence-electron chi connectivity index (χ3n) is 4.01. The lowest BCUT2D eigenvalue weighted by molar-refractivity contribution is 0.0693. The van der Waals surface area contributed by atoms with Gasteiger partial charge in [-0.25, -0.2) is 4.79 Å². The molecule has 0 aliphatic heterocycles. The van der Waals surface area contributed by atoms with Gasteiger partial charge in [0.1, 0.15) is 11.3 Å². The molecule has 0 aromatic heterocycles. The zero-order valence-corrected chi connectivity index (χ0v) is 16.3. The second kappa shape index (κ2) is 10.2. The molecule has 0 aliphatic rings. The zero-order chi connectivity index (χ0) is 20.6. The van der Waals surface area contributed by atoms with Crippen molar-refractivity contribution >= 4 is 23.8 Å². The van der Waals surface area contributed by atoms with Gasteiger partial charge in [0, 0.05) is 11.8 Å². The number of carboxylic acids is 1. The number of methoxy groups -OCH3 is 1. The maximum Gasteiger partial charge on any atom is 0.339 e. The molecule has 0 spiro atoms. The van der Waals surface area contributed by atoms with Crippen molar-refractivity contribution in [3.8, 4) is 5.75 Å². The largest absolute Gasteiger partial charge is 0.496 e. The highest BCUT2D eigenvalue weighted by Crippen LogP contribution is 2.32. The van der Waals surface area contributed by atoms with Gasteiger partial charge in [-0.1, -0.05) is 50.8 Å². The standard InChI is InChI=1S/C20H22N2O3.C2H6/c1-4-6-13-9-14(8-7-12(13)5-2)19(22)15-10-16(20(23)24)18(25-3)11-17(15)21;1-2/h4-11,19H,2,21-22H2,1,3H3,(H,23,24);1-2H3/b6-4-;. The highest BCUT2D eigenvalue weighted by atomic mass is 16.5. The Labute approximate surface area is 161 Å². The number of ether oxygens (including phenoxy) is 1. The Morgan fingerprint density at radius 1 is 1.22 bits per heavy atom. The Balaban J connectivity index is 0.00000176. The van der Waals surface area contributed by atoms with Crippen LogP contribution >= 0.6 is 0 Å². The van der Waals surface area contributed by atoms with Crippen molar-refractivity contribution in [3.63, 3.8) is 0 Å². The molecule has 5 N–H and O–H groups in total. The Bertz CT molecular complexity index is 842. The van der Waals surface area contributed by atoms with Crippen molar-refractivity contribution < 1.29 is 14.6 Å². The smallest absolute Gasteiger partial charge is 0.339 e. The van der Waals surface area contributed by atoms with Crippen molar-refractivity contribution in [2.24, 2.45) is 5.73 Å². The summed E-state index contributed by atoms with van der Waals surface area (Å²) in [4.78, 5) is 11.4. The molecule has 0 saturated carbocycles. The van der Waals surface area contributed by atoms with Crippen molar-refractivity contribution in [2.45, 2.75) is 26.8 Å². The lowest BCUT2D eigenvalue weighted by Gasteiger charge is -2.18. The SMILES string of the molecule is C=Cc1ccc(C(N)c2cc(C(=O)O)c(OC)cc2N)cc1/C=C\C.CC. The van der Waals surface area contributed by atoms with Gasteiger partial charge in [0.15, 0.2) is 0 Å². The summed E-state index contributed by atoms with van der Waals surface area (Å²) in [5.74, 6) is -0.889. The summed E-state index contributed by atoms with van der Waals surface area (Å²) in [5.41, 5.74) is 16.2. The van der Waals surface area contributed by atoms with Gasteiger partial charge in [0.05, 0.1) is 13.2 Å². The van der Waals surface area contributed by atoms with E-state index in [0.29, 0.717) is 11.3 Å². The van der Waals surface area contributed by atoms with Crippen LogP contribution in [0.25, 0.3) is 12.2 Å². The Hall–Kier alpha value is -3.05. The van der Waals surface area contributed by atoms with Gasteiger partial charge >= 0.3 is 5.97 Å². The van der Waals surface area contributed by atoms with E-state index in [1.54, 1.807) is 6.08 Å². The summed E-state index contributed by atoms with van der Waals surface area (Å²) >= 11 is 0. The molecular weight excluding hydrogens is 340 g/mol. The number of anilines is 1. The maximum atomic E-state index is 11.4. The van der Waals surface area contributed by atoms with Crippen LogP contribution in [0.4, 0.5) is 5.69 Å². The Morgan fingerprint density at radius 2 is 1.89 bits per heavy atom. The number of nitrogen functional groups attached to an aromatic ring is 1. The topological polar surface area (TPSA) is 98.6 Å². The van der Waals surface area contributed by atoms with Crippen LogP contribution in [0, 0.1) is 0 Å². The normalized spacial score (nSPS) is 11.4. The first-order chi connectivity index (χ1) is 12.9. The number of benzene rings is 2. The average molecular weight is 368 g/mol. The number of nitrogens with two attached hydrogens (primary N) is 2. The van der Waals surface area contributed by atoms with Crippen molar-refractivity contribution in [1.82, 2.24) is 0 Å². The summed E-state index contributed by atoms with van der Waals surface area (Å²) < 4.78 is 5.09. The average Bonchev–Trinajstić information content (AvgIpc) is 2.68. The quantitative estimate of drug-likeness (QED) is 0.640. The second-order valence-electron chi connectivity index (χ2n) is 5.56. The first kappa shape index (κ1) is 22.0. The van der Waals surface area contributed by atoms with E-state index in [9.17, 15) is 9.90 Å². The maximum absolute atomic E-state index is 11.4. The number of aromatic carboxylic acids is 1. The van der Waals surface area contributed by atoms with Gasteiger partial charge in [-0.05, 0) is 41.3 Å². The van der Waals surface area contributed by atoms with Gasteiger partial charge in [-0.2, -0.15) is 0 Å². The summed E-state index contributed by atoms with van der Waals surface area (Å²) in [7, 11) is 1.40. The van der Waals surface area contributed by atoms with E-state index in [-0.39, 0.29) is 11.3 Å². The minimum Gasteiger partial charge on any atom is -0.496 e. The highest BCUT2D eigenvalue weighted by Gasteiger charge is 2.19. The molecule has 27 heavy (non-hydrogen) atoms. The van der Waals surface area contributed by atoms with Gasteiger partial charge in [-0.3, -0.25) is 0 Å². The van der Waals surface area contributed by atoms with E-state index in [4.69, 9.17) is 16.2 Å². The van der Waals surface area contributed by atoms with Crippen LogP contribution in [0.1, 0.15) is 59.4 Å². The lowest BCUT2D eigenvalue weighted by Crippen LogP contribution is -2.16. The fourth-order valence-electron chi connectivity index (χ4n) is 2.69. The predicted molar refractivity (Wildman–Crippen MR) is 113 cm³/mol. The number of carbonyl (C=O) groups is 1. The molecule has 0 aliphatic carbocycles. The molecule has 0 amide bonds. The minimum absolute atomic E-state index is 0.0264. The molecule has 5 nitrogen and oxygen atoms in total. The molecule has 1 atom stereocenters. The van der Waals surface area contributed by atoms with Crippen LogP contribution in [0.2, 0.25) is 0 Å². The number of hydrogen-bond acceptors (Lipinski definition) is 4. The van der Waals surface area contributed by atoms with Gasteiger partial charge in [0.25, 0.3) is 0 Å². The van der Waals surface area contributed by atoms with Crippen molar-refractivity contribution in [3.05, 3.63) is 70.8 Å². The summed E-state index contributed by atoms with van der Waals surface area (Å²) in [5, 5.41) is 9.36. The van der Waals surface area contributed by atoms with Gasteiger partial charge in [-0.15, -0.1) is 0 Å². The summed E-state index contributed by atoms with van der Waals surface area (Å²) in [6.45, 7) is 9.74. The summed E-state index contributed by atoms with van der Waals surface area (Å²) in [6.07, 6.45) is 5.67. The molecule has 0 saturated heterocycles. The lowest BCUT2D eigenvalue weighted by atomic mass is 9.93. The fourth-order valence-corrected chi connectivity index (χ4v) is 2.69. The molecule has 0 radical (unpaired) electrons. The van der Waals surface area contributed by atoms with Crippen LogP contribution in [-0.2, 0) is 0 Å². The molecule has 0 bridgehead atoms. The van der Waals surface area contributed by atoms with E-state index in [1.807, 2.05) is 51.1 Å². The molecule has 2 rings (SSSR count). The first-order valence-electron chi connectivity index (χ1n) is 8.78. The van der Waals surface area contributed by atoms with E-state index in [2.05, 4.69) is 6.58 Å². The third-order valence-corrected chi connectivity index (χ3v) is 4.01.